The number of hydrogen-bond acceptors (Lipinski definition) is 3. The summed E-state index contributed by atoms with van der Waals surface area (Å²) in [5.41, 5.74) is -0.468. The van der Waals surface area contributed by atoms with Crippen molar-refractivity contribution in [3.63, 3.8) is 0 Å². The molecular weight excluding hydrogens is 230 g/mol. The van der Waals surface area contributed by atoms with Gasteiger partial charge >= 0.3 is 6.09 Å². The highest BCUT2D eigenvalue weighted by Crippen LogP contribution is 2.30. The van der Waals surface area contributed by atoms with Crippen LogP contribution in [-0.4, -0.2) is 30.0 Å². The quantitative estimate of drug-likeness (QED) is 0.796. The summed E-state index contributed by atoms with van der Waals surface area (Å²) in [6.07, 6.45) is 5.76. The molecule has 1 unspecified atom stereocenters. The zero-order valence-corrected chi connectivity index (χ0v) is 11.9. The van der Waals surface area contributed by atoms with Crippen LogP contribution in [0, 0.1) is 11.8 Å². The number of ether oxygens (including phenoxy) is 1. The second kappa shape index (κ2) is 6.98. The molecule has 1 atom stereocenters. The first-order valence-corrected chi connectivity index (χ1v) is 6.98. The monoisotopic (exact) mass is 257 g/mol. The fourth-order valence-corrected chi connectivity index (χ4v) is 2.48. The first-order chi connectivity index (χ1) is 8.40. The van der Waals surface area contributed by atoms with Crippen LogP contribution in [0.5, 0.6) is 0 Å². The van der Waals surface area contributed by atoms with E-state index in [0.717, 1.165) is 12.3 Å². The molecule has 1 rings (SSSR count). The molecule has 0 aromatic rings. The van der Waals surface area contributed by atoms with Gasteiger partial charge in [-0.25, -0.2) is 4.79 Å². The maximum atomic E-state index is 11.5. The Kier molecular flexibility index (Phi) is 5.93. The van der Waals surface area contributed by atoms with Gasteiger partial charge in [0.25, 0.3) is 0 Å². The molecule has 0 spiro atoms. The molecule has 2 N–H and O–H groups in total. The van der Waals surface area contributed by atoms with E-state index >= 15 is 0 Å². The van der Waals surface area contributed by atoms with Crippen molar-refractivity contribution in [3.8, 4) is 0 Å². The average molecular weight is 257 g/mol. The molecule has 0 radical (unpaired) electrons. The van der Waals surface area contributed by atoms with E-state index in [-0.39, 0.29) is 12.5 Å². The second-order valence-electron chi connectivity index (χ2n) is 6.32. The van der Waals surface area contributed by atoms with E-state index in [4.69, 9.17) is 4.74 Å². The maximum Gasteiger partial charge on any atom is 0.407 e. The van der Waals surface area contributed by atoms with Crippen molar-refractivity contribution in [1.29, 1.82) is 0 Å². The summed E-state index contributed by atoms with van der Waals surface area (Å²) in [5.74, 6) is 0.878. The van der Waals surface area contributed by atoms with Crippen molar-refractivity contribution in [3.05, 3.63) is 0 Å². The topological polar surface area (TPSA) is 58.6 Å². The minimum atomic E-state index is -0.468. The number of carbonyl (C=O) groups excluding carboxylic acids is 1. The Labute approximate surface area is 110 Å². The van der Waals surface area contributed by atoms with E-state index in [9.17, 15) is 9.90 Å². The lowest BCUT2D eigenvalue weighted by molar-refractivity contribution is 0.0508. The Morgan fingerprint density at radius 3 is 2.50 bits per heavy atom. The molecule has 1 fully saturated rings. The molecule has 1 amide bonds. The van der Waals surface area contributed by atoms with E-state index in [1.54, 1.807) is 0 Å². The standard InChI is InChI=1S/C14H27NO3/c1-14(2,3)18-13(17)15-9-12(10-16)8-11-6-4-5-7-11/h11-12,16H,4-10H2,1-3H3,(H,15,17). The molecule has 0 aromatic carbocycles. The Hall–Kier alpha value is -0.770. The van der Waals surface area contributed by atoms with Crippen molar-refractivity contribution in [2.45, 2.75) is 58.5 Å². The molecule has 0 aliphatic heterocycles. The van der Waals surface area contributed by atoms with Crippen LogP contribution in [0.25, 0.3) is 0 Å². The van der Waals surface area contributed by atoms with Crippen LogP contribution in [0.3, 0.4) is 0 Å². The normalized spacial score (nSPS) is 18.7. The highest BCUT2D eigenvalue weighted by Gasteiger charge is 2.21. The highest BCUT2D eigenvalue weighted by atomic mass is 16.6. The van der Waals surface area contributed by atoms with Crippen LogP contribution >= 0.6 is 0 Å². The molecule has 0 saturated heterocycles. The number of rotatable bonds is 5. The maximum absolute atomic E-state index is 11.5. The van der Waals surface area contributed by atoms with Gasteiger partial charge in [0.2, 0.25) is 0 Å². The fraction of sp³-hybridized carbons (Fsp3) is 0.929. The van der Waals surface area contributed by atoms with Gasteiger partial charge in [-0.3, -0.25) is 0 Å². The Morgan fingerprint density at radius 2 is 2.00 bits per heavy atom. The first-order valence-electron chi connectivity index (χ1n) is 6.98. The number of hydrogen-bond donors (Lipinski definition) is 2. The minimum Gasteiger partial charge on any atom is -0.444 e. The molecule has 1 aliphatic carbocycles. The Bertz CT molecular complexity index is 254. The van der Waals surface area contributed by atoms with Gasteiger partial charge < -0.3 is 15.2 Å². The summed E-state index contributed by atoms with van der Waals surface area (Å²) in [6, 6.07) is 0. The number of nitrogens with one attached hydrogen (secondary N) is 1. The average Bonchev–Trinajstić information content (AvgIpc) is 2.74. The molecule has 1 aliphatic rings. The summed E-state index contributed by atoms with van der Waals surface area (Å²) in [6.45, 7) is 6.16. The van der Waals surface area contributed by atoms with Gasteiger partial charge in [-0.1, -0.05) is 25.7 Å². The predicted octanol–water partition coefficient (Wildman–Crippen LogP) is 2.70. The van der Waals surface area contributed by atoms with Crippen molar-refractivity contribution >= 4 is 6.09 Å². The van der Waals surface area contributed by atoms with Crippen molar-refractivity contribution in [2.75, 3.05) is 13.2 Å². The lowest BCUT2D eigenvalue weighted by atomic mass is 9.94. The van der Waals surface area contributed by atoms with Crippen LogP contribution in [0.4, 0.5) is 4.79 Å². The summed E-state index contributed by atoms with van der Waals surface area (Å²) in [5, 5.41) is 12.1. The van der Waals surface area contributed by atoms with Crippen LogP contribution in [0.1, 0.15) is 52.9 Å². The lowest BCUT2D eigenvalue weighted by Gasteiger charge is -2.22. The molecular formula is C14H27NO3. The number of amides is 1. The van der Waals surface area contributed by atoms with Crippen molar-refractivity contribution in [2.24, 2.45) is 11.8 Å². The number of aliphatic hydroxyl groups excluding tert-OH is 1. The first kappa shape index (κ1) is 15.3. The van der Waals surface area contributed by atoms with Crippen LogP contribution in [0.15, 0.2) is 0 Å². The molecule has 4 nitrogen and oxygen atoms in total. The van der Waals surface area contributed by atoms with Crippen LogP contribution in [0.2, 0.25) is 0 Å². The number of alkyl carbamates (subject to hydrolysis) is 1. The summed E-state index contributed by atoms with van der Waals surface area (Å²) in [7, 11) is 0. The summed E-state index contributed by atoms with van der Waals surface area (Å²) < 4.78 is 5.17. The van der Waals surface area contributed by atoms with Gasteiger partial charge in [0.15, 0.2) is 0 Å². The van der Waals surface area contributed by atoms with Gasteiger partial charge in [-0.05, 0) is 39.0 Å². The minimum absolute atomic E-state index is 0.131. The van der Waals surface area contributed by atoms with Crippen molar-refractivity contribution in [1.82, 2.24) is 5.32 Å². The molecule has 18 heavy (non-hydrogen) atoms. The molecule has 0 heterocycles. The molecule has 0 aromatic heterocycles. The van der Waals surface area contributed by atoms with Gasteiger partial charge in [0.05, 0.1) is 0 Å². The largest absolute Gasteiger partial charge is 0.444 e. The van der Waals surface area contributed by atoms with E-state index in [1.807, 2.05) is 20.8 Å². The van der Waals surface area contributed by atoms with E-state index < -0.39 is 11.7 Å². The molecule has 0 bridgehead atoms. The Balaban J connectivity index is 2.23. The predicted molar refractivity (Wildman–Crippen MR) is 71.4 cm³/mol. The smallest absolute Gasteiger partial charge is 0.407 e. The second-order valence-corrected chi connectivity index (χ2v) is 6.32. The third-order valence-corrected chi connectivity index (χ3v) is 3.33. The van der Waals surface area contributed by atoms with Gasteiger partial charge in [0, 0.05) is 13.2 Å². The highest BCUT2D eigenvalue weighted by molar-refractivity contribution is 5.67. The number of aliphatic hydroxyl groups is 1. The van der Waals surface area contributed by atoms with E-state index in [1.165, 1.54) is 25.7 Å². The third kappa shape index (κ3) is 6.24. The SMILES string of the molecule is CC(C)(C)OC(=O)NCC(CO)CC1CCCC1. The molecule has 1 saturated carbocycles. The number of carbonyl (C=O) groups is 1. The molecule has 106 valence electrons. The third-order valence-electron chi connectivity index (χ3n) is 3.33. The van der Waals surface area contributed by atoms with E-state index in [2.05, 4.69) is 5.32 Å². The van der Waals surface area contributed by atoms with Gasteiger partial charge in [-0.2, -0.15) is 0 Å². The molecule has 4 heteroatoms. The van der Waals surface area contributed by atoms with Crippen LogP contribution < -0.4 is 5.32 Å². The summed E-state index contributed by atoms with van der Waals surface area (Å²) >= 11 is 0. The zero-order valence-electron chi connectivity index (χ0n) is 11.9. The van der Waals surface area contributed by atoms with Crippen LogP contribution in [-0.2, 0) is 4.74 Å². The van der Waals surface area contributed by atoms with Crippen molar-refractivity contribution < 1.29 is 14.6 Å². The lowest BCUT2D eigenvalue weighted by Crippen LogP contribution is -2.36. The van der Waals surface area contributed by atoms with Gasteiger partial charge in [-0.15, -0.1) is 0 Å². The Morgan fingerprint density at radius 1 is 1.39 bits per heavy atom. The fourth-order valence-electron chi connectivity index (χ4n) is 2.48. The van der Waals surface area contributed by atoms with Gasteiger partial charge in [0.1, 0.15) is 5.60 Å². The zero-order chi connectivity index (χ0) is 13.6. The summed E-state index contributed by atoms with van der Waals surface area (Å²) in [4.78, 5) is 11.5. The van der Waals surface area contributed by atoms with E-state index in [0.29, 0.717) is 6.54 Å².